The number of benzene rings is 1. The van der Waals surface area contributed by atoms with E-state index in [0.29, 0.717) is 33.9 Å². The van der Waals surface area contributed by atoms with Crippen LogP contribution in [0.15, 0.2) is 48.9 Å². The van der Waals surface area contributed by atoms with Crippen molar-refractivity contribution in [2.45, 2.75) is 6.92 Å². The number of carbonyl (C=O) groups is 1. The van der Waals surface area contributed by atoms with E-state index in [9.17, 15) is 4.79 Å². The Bertz CT molecular complexity index is 913. The highest BCUT2D eigenvalue weighted by molar-refractivity contribution is 6.30. The molecule has 8 nitrogen and oxygen atoms in total. The second-order valence-corrected chi connectivity index (χ2v) is 5.79. The van der Waals surface area contributed by atoms with Crippen LogP contribution in [-0.4, -0.2) is 20.9 Å². The lowest BCUT2D eigenvalue weighted by atomic mass is 10.2. The average Bonchev–Trinajstić information content (AvgIpc) is 2.61. The van der Waals surface area contributed by atoms with E-state index in [1.165, 1.54) is 19.4 Å². The minimum Gasteiger partial charge on any atom is -0.393 e. The van der Waals surface area contributed by atoms with Crippen molar-refractivity contribution >= 4 is 52.0 Å². The van der Waals surface area contributed by atoms with Crippen LogP contribution in [-0.2, 0) is 4.79 Å². The molecule has 132 valence electrons. The smallest absolute Gasteiger partial charge is 0.221 e. The van der Waals surface area contributed by atoms with E-state index >= 15 is 0 Å². The maximum Gasteiger partial charge on any atom is 0.221 e. The number of nitrogens with one attached hydrogen (secondary N) is 3. The van der Waals surface area contributed by atoms with Crippen LogP contribution in [0, 0.1) is 0 Å². The number of nitrogens with two attached hydrogens (primary N) is 1. The Morgan fingerprint density at radius 3 is 2.23 bits per heavy atom. The van der Waals surface area contributed by atoms with Gasteiger partial charge in [-0.25, -0.2) is 15.0 Å². The molecule has 2 heterocycles. The summed E-state index contributed by atoms with van der Waals surface area (Å²) < 4.78 is 0. The number of amides is 1. The summed E-state index contributed by atoms with van der Waals surface area (Å²) in [7, 11) is 0. The number of rotatable bonds is 5. The predicted molar refractivity (Wildman–Crippen MR) is 103 cm³/mol. The van der Waals surface area contributed by atoms with E-state index in [2.05, 4.69) is 30.9 Å². The zero-order valence-electron chi connectivity index (χ0n) is 13.8. The third-order valence-corrected chi connectivity index (χ3v) is 3.55. The Kier molecular flexibility index (Phi) is 5.14. The number of pyridine rings is 1. The van der Waals surface area contributed by atoms with Crippen molar-refractivity contribution in [1.82, 2.24) is 15.0 Å². The van der Waals surface area contributed by atoms with Crippen molar-refractivity contribution in [2.24, 2.45) is 0 Å². The summed E-state index contributed by atoms with van der Waals surface area (Å²) in [6.45, 7) is 1.46. The van der Waals surface area contributed by atoms with Crippen molar-refractivity contribution in [3.8, 4) is 0 Å². The molecule has 0 fully saturated rings. The van der Waals surface area contributed by atoms with Gasteiger partial charge in [0.2, 0.25) is 5.91 Å². The summed E-state index contributed by atoms with van der Waals surface area (Å²) in [5.74, 6) is 1.30. The molecule has 0 aliphatic heterocycles. The van der Waals surface area contributed by atoms with Crippen LogP contribution < -0.4 is 21.7 Å². The molecule has 0 spiro atoms. The minimum atomic E-state index is -0.128. The van der Waals surface area contributed by atoms with Gasteiger partial charge < -0.3 is 21.7 Å². The fraction of sp³-hybridized carbons (Fsp3) is 0.0588. The first kappa shape index (κ1) is 17.4. The molecule has 1 aromatic carbocycles. The van der Waals surface area contributed by atoms with Gasteiger partial charge in [-0.15, -0.1) is 0 Å². The van der Waals surface area contributed by atoms with E-state index in [-0.39, 0.29) is 5.91 Å². The minimum absolute atomic E-state index is 0.128. The van der Waals surface area contributed by atoms with Gasteiger partial charge in [-0.3, -0.25) is 4.79 Å². The third kappa shape index (κ3) is 4.37. The Morgan fingerprint density at radius 2 is 1.62 bits per heavy atom. The summed E-state index contributed by atoms with van der Waals surface area (Å²) in [5, 5.41) is 9.38. The first-order valence-corrected chi connectivity index (χ1v) is 8.03. The summed E-state index contributed by atoms with van der Waals surface area (Å²) in [6.07, 6.45) is 2.92. The van der Waals surface area contributed by atoms with Gasteiger partial charge in [-0.1, -0.05) is 11.6 Å². The van der Waals surface area contributed by atoms with Crippen LogP contribution in [0.1, 0.15) is 6.92 Å². The summed E-state index contributed by atoms with van der Waals surface area (Å²) in [6, 6.07) is 10.6. The lowest BCUT2D eigenvalue weighted by molar-refractivity contribution is -0.114. The van der Waals surface area contributed by atoms with Gasteiger partial charge in [0, 0.05) is 24.5 Å². The second kappa shape index (κ2) is 7.66. The number of aromatic nitrogens is 3. The topological polar surface area (TPSA) is 118 Å². The molecule has 0 bridgehead atoms. The van der Waals surface area contributed by atoms with Crippen LogP contribution in [0.2, 0.25) is 5.02 Å². The van der Waals surface area contributed by atoms with Crippen LogP contribution in [0.4, 0.5) is 34.5 Å². The number of nitrogens with zero attached hydrogens (tertiary/aromatic N) is 3. The van der Waals surface area contributed by atoms with Gasteiger partial charge in [0.15, 0.2) is 11.6 Å². The average molecular weight is 370 g/mol. The zero-order chi connectivity index (χ0) is 18.5. The molecule has 0 unspecified atom stereocenters. The summed E-state index contributed by atoms with van der Waals surface area (Å²) >= 11 is 5.83. The highest BCUT2D eigenvalue weighted by atomic mass is 35.5. The molecule has 3 aromatic rings. The van der Waals surface area contributed by atoms with Crippen molar-refractivity contribution < 1.29 is 4.79 Å². The molecule has 0 aliphatic carbocycles. The fourth-order valence-corrected chi connectivity index (χ4v) is 2.25. The molecule has 0 saturated carbocycles. The Hall–Kier alpha value is -3.39. The SMILES string of the molecule is CC(=O)Nc1ccc(Nc2ncnc(Nc3ccc(Cl)cn3)c2N)cc1. The highest BCUT2D eigenvalue weighted by Gasteiger charge is 2.09. The highest BCUT2D eigenvalue weighted by Crippen LogP contribution is 2.28. The lowest BCUT2D eigenvalue weighted by Gasteiger charge is -2.12. The maximum absolute atomic E-state index is 11.1. The first-order valence-electron chi connectivity index (χ1n) is 7.65. The predicted octanol–water partition coefficient (Wildman–Crippen LogP) is 3.55. The molecule has 0 aliphatic rings. The third-order valence-electron chi connectivity index (χ3n) is 3.33. The monoisotopic (exact) mass is 369 g/mol. The molecule has 0 saturated heterocycles. The second-order valence-electron chi connectivity index (χ2n) is 5.35. The quantitative estimate of drug-likeness (QED) is 0.543. The number of hydrogen-bond donors (Lipinski definition) is 4. The standard InChI is InChI=1S/C17H16ClN7O/c1-10(26)23-12-3-5-13(6-4-12)24-16-15(19)17(22-9-21-16)25-14-7-2-11(18)8-20-14/h2-9H,19H2,1H3,(H,23,26)(H2,20,21,22,24,25). The molecule has 2 aromatic heterocycles. The number of anilines is 6. The van der Waals surface area contributed by atoms with Crippen LogP contribution in [0.3, 0.4) is 0 Å². The van der Waals surface area contributed by atoms with Gasteiger partial charge >= 0.3 is 0 Å². The van der Waals surface area contributed by atoms with Crippen LogP contribution >= 0.6 is 11.6 Å². The Balaban J connectivity index is 1.76. The molecule has 0 radical (unpaired) electrons. The molecular formula is C17H16ClN7O. The molecule has 5 N–H and O–H groups in total. The van der Waals surface area contributed by atoms with Gasteiger partial charge in [0.05, 0.1) is 5.02 Å². The zero-order valence-corrected chi connectivity index (χ0v) is 14.6. The molecule has 9 heteroatoms. The summed E-state index contributed by atoms with van der Waals surface area (Å²) in [5.41, 5.74) is 7.95. The molecule has 26 heavy (non-hydrogen) atoms. The fourth-order valence-electron chi connectivity index (χ4n) is 2.14. The molecule has 0 atom stereocenters. The lowest BCUT2D eigenvalue weighted by Crippen LogP contribution is -2.06. The van der Waals surface area contributed by atoms with Crippen LogP contribution in [0.5, 0.6) is 0 Å². The van der Waals surface area contributed by atoms with E-state index in [0.717, 1.165) is 5.69 Å². The van der Waals surface area contributed by atoms with Gasteiger partial charge in [-0.2, -0.15) is 0 Å². The number of halogens is 1. The van der Waals surface area contributed by atoms with Crippen molar-refractivity contribution in [3.63, 3.8) is 0 Å². The van der Waals surface area contributed by atoms with Crippen molar-refractivity contribution in [2.75, 3.05) is 21.7 Å². The van der Waals surface area contributed by atoms with Crippen molar-refractivity contribution in [1.29, 1.82) is 0 Å². The van der Waals surface area contributed by atoms with Gasteiger partial charge in [0.1, 0.15) is 17.8 Å². The van der Waals surface area contributed by atoms with Crippen LogP contribution in [0.25, 0.3) is 0 Å². The Labute approximate surface area is 154 Å². The van der Waals surface area contributed by atoms with Gasteiger partial charge in [0.25, 0.3) is 0 Å². The van der Waals surface area contributed by atoms with E-state index in [4.69, 9.17) is 17.3 Å². The van der Waals surface area contributed by atoms with E-state index in [1.807, 2.05) is 0 Å². The maximum atomic E-state index is 11.1. The first-order chi connectivity index (χ1) is 12.5. The van der Waals surface area contributed by atoms with E-state index < -0.39 is 0 Å². The van der Waals surface area contributed by atoms with E-state index in [1.54, 1.807) is 36.4 Å². The normalized spacial score (nSPS) is 10.2. The van der Waals surface area contributed by atoms with Gasteiger partial charge in [-0.05, 0) is 36.4 Å². The molecule has 1 amide bonds. The number of hydrogen-bond acceptors (Lipinski definition) is 7. The molecular weight excluding hydrogens is 354 g/mol. The number of nitrogen functional groups attached to an aromatic ring is 1. The number of carbonyl (C=O) groups excluding carboxylic acids is 1. The van der Waals surface area contributed by atoms with Crippen molar-refractivity contribution in [3.05, 3.63) is 53.9 Å². The molecule has 3 rings (SSSR count). The Morgan fingerprint density at radius 1 is 0.962 bits per heavy atom. The largest absolute Gasteiger partial charge is 0.393 e. The summed E-state index contributed by atoms with van der Waals surface area (Å²) in [4.78, 5) is 23.5.